The van der Waals surface area contributed by atoms with Crippen LogP contribution in [-0.4, -0.2) is 26.5 Å². The molecule has 0 unspecified atom stereocenters. The number of thioether (sulfide) groups is 1. The van der Waals surface area contributed by atoms with Crippen molar-refractivity contribution >= 4 is 50.7 Å². The van der Waals surface area contributed by atoms with Gasteiger partial charge in [-0.15, -0.1) is 11.3 Å². The van der Waals surface area contributed by atoms with Gasteiger partial charge < -0.3 is 5.32 Å². The number of aromatic nitrogens is 2. The Kier molecular flexibility index (Phi) is 7.52. The van der Waals surface area contributed by atoms with Crippen LogP contribution in [0.1, 0.15) is 40.2 Å². The zero-order chi connectivity index (χ0) is 25.1. The summed E-state index contributed by atoms with van der Waals surface area (Å²) in [5, 5.41) is 3.59. The van der Waals surface area contributed by atoms with Crippen LogP contribution in [0, 0.1) is 13.8 Å². The summed E-state index contributed by atoms with van der Waals surface area (Å²) in [5.74, 6) is -0.228. The van der Waals surface area contributed by atoms with Crippen LogP contribution in [0.15, 0.2) is 64.5 Å². The van der Waals surface area contributed by atoms with E-state index in [4.69, 9.17) is 4.98 Å². The van der Waals surface area contributed by atoms with Gasteiger partial charge >= 0.3 is 0 Å². The van der Waals surface area contributed by atoms with Crippen molar-refractivity contribution in [3.05, 3.63) is 86.5 Å². The minimum Gasteiger partial charge on any atom is -0.325 e. The summed E-state index contributed by atoms with van der Waals surface area (Å²) in [5.41, 5.74) is 3.23. The topological polar surface area (TPSA) is 81.1 Å². The summed E-state index contributed by atoms with van der Waals surface area (Å²) in [7, 11) is 0. The third-order valence-corrected chi connectivity index (χ3v) is 8.12. The lowest BCUT2D eigenvalue weighted by atomic mass is 10.1. The average Bonchev–Trinajstić information content (AvgIpc) is 3.12. The summed E-state index contributed by atoms with van der Waals surface area (Å²) >= 11 is 2.78. The monoisotopic (exact) mass is 505 g/mol. The van der Waals surface area contributed by atoms with Gasteiger partial charge in [-0.2, -0.15) is 0 Å². The van der Waals surface area contributed by atoms with Crippen molar-refractivity contribution in [3.63, 3.8) is 0 Å². The van der Waals surface area contributed by atoms with E-state index >= 15 is 0 Å². The fourth-order valence-corrected chi connectivity index (χ4v) is 5.73. The number of aryl methyl sites for hydroxylation is 3. The molecule has 0 bridgehead atoms. The number of fused-ring (bicyclic) bond motifs is 1. The number of hydrogen-bond donors (Lipinski definition) is 1. The number of carbonyl (C=O) groups is 2. The molecule has 4 rings (SSSR count). The van der Waals surface area contributed by atoms with Crippen molar-refractivity contribution in [1.29, 1.82) is 0 Å². The van der Waals surface area contributed by atoms with E-state index in [1.807, 2.05) is 44.2 Å². The fraction of sp³-hybridized carbons (Fsp3) is 0.259. The second kappa shape index (κ2) is 10.6. The van der Waals surface area contributed by atoms with Crippen molar-refractivity contribution in [1.82, 2.24) is 9.55 Å². The molecule has 1 atom stereocenters. The minimum absolute atomic E-state index is 0.0270. The Morgan fingerprint density at radius 1 is 1.09 bits per heavy atom. The first-order valence-electron chi connectivity index (χ1n) is 11.4. The normalized spacial score (nSPS) is 12.0. The number of hydrogen-bond acceptors (Lipinski definition) is 6. The Bertz CT molecular complexity index is 1440. The van der Waals surface area contributed by atoms with E-state index in [0.29, 0.717) is 39.6 Å². The lowest BCUT2D eigenvalue weighted by Crippen LogP contribution is -2.27. The number of Topliss-reactive ketones (excluding diaryl/α,β-unsaturated/α-hetero) is 1. The largest absolute Gasteiger partial charge is 0.325 e. The highest BCUT2D eigenvalue weighted by Crippen LogP contribution is 2.30. The van der Waals surface area contributed by atoms with E-state index in [1.54, 1.807) is 35.8 Å². The van der Waals surface area contributed by atoms with Gasteiger partial charge in [0.15, 0.2) is 10.9 Å². The minimum atomic E-state index is -0.489. The maximum absolute atomic E-state index is 13.5. The highest BCUT2D eigenvalue weighted by molar-refractivity contribution is 8.00. The SMILES string of the molecule is CC(=O)c1ccc(NC(=O)[C@H](C)Sc2nc3sc(C)c(C)c3c(=O)n2CCc2ccccc2)cc1. The molecule has 180 valence electrons. The number of nitrogens with zero attached hydrogens (tertiary/aromatic N) is 2. The third kappa shape index (κ3) is 5.55. The van der Waals surface area contributed by atoms with Crippen molar-refractivity contribution in [2.24, 2.45) is 0 Å². The van der Waals surface area contributed by atoms with Gasteiger partial charge in [0.2, 0.25) is 5.91 Å². The Hall–Kier alpha value is -3.23. The smallest absolute Gasteiger partial charge is 0.263 e. The summed E-state index contributed by atoms with van der Waals surface area (Å²) < 4.78 is 1.70. The predicted octanol–water partition coefficient (Wildman–Crippen LogP) is 5.64. The van der Waals surface area contributed by atoms with Gasteiger partial charge in [0, 0.05) is 22.7 Å². The Labute approximate surface area is 212 Å². The molecule has 6 nitrogen and oxygen atoms in total. The summed E-state index contributed by atoms with van der Waals surface area (Å²) in [6.07, 6.45) is 0.687. The molecule has 0 fully saturated rings. The highest BCUT2D eigenvalue weighted by Gasteiger charge is 2.22. The zero-order valence-corrected chi connectivity index (χ0v) is 21.8. The van der Waals surface area contributed by atoms with Gasteiger partial charge in [-0.25, -0.2) is 4.98 Å². The first kappa shape index (κ1) is 24.9. The van der Waals surface area contributed by atoms with E-state index in [0.717, 1.165) is 16.0 Å². The Morgan fingerprint density at radius 3 is 2.43 bits per heavy atom. The molecular formula is C27H27N3O3S2. The van der Waals surface area contributed by atoms with Crippen LogP contribution in [0.2, 0.25) is 0 Å². The number of thiophene rings is 1. The van der Waals surface area contributed by atoms with Crippen LogP contribution in [-0.2, 0) is 17.8 Å². The number of rotatable bonds is 8. The highest BCUT2D eigenvalue weighted by atomic mass is 32.2. The fourth-order valence-electron chi connectivity index (χ4n) is 3.73. The average molecular weight is 506 g/mol. The number of amides is 1. The molecular weight excluding hydrogens is 478 g/mol. The summed E-state index contributed by atoms with van der Waals surface area (Å²) in [6.45, 7) is 7.73. The van der Waals surface area contributed by atoms with Crippen LogP contribution < -0.4 is 10.9 Å². The van der Waals surface area contributed by atoms with E-state index in [9.17, 15) is 14.4 Å². The Balaban J connectivity index is 1.60. The molecule has 2 aromatic heterocycles. The molecule has 4 aromatic rings. The van der Waals surface area contributed by atoms with E-state index in [-0.39, 0.29) is 17.2 Å². The van der Waals surface area contributed by atoms with Crippen molar-refractivity contribution in [3.8, 4) is 0 Å². The molecule has 0 saturated carbocycles. The molecule has 0 spiro atoms. The maximum atomic E-state index is 13.5. The van der Waals surface area contributed by atoms with Gasteiger partial charge in [-0.3, -0.25) is 19.0 Å². The van der Waals surface area contributed by atoms with Crippen LogP contribution in [0.25, 0.3) is 10.2 Å². The Morgan fingerprint density at radius 2 is 1.77 bits per heavy atom. The third-order valence-electron chi connectivity index (χ3n) is 5.93. The number of nitrogens with one attached hydrogen (secondary N) is 1. The standard InChI is InChI=1S/C27H27N3O3S2/c1-16-18(3)34-25-23(16)26(33)30(15-14-20-8-6-5-7-9-20)27(29-25)35-19(4)24(32)28-22-12-10-21(11-13-22)17(2)31/h5-13,19H,14-15H2,1-4H3,(H,28,32)/t19-/m0/s1. The van der Waals surface area contributed by atoms with E-state index in [2.05, 4.69) is 5.32 Å². The first-order valence-corrected chi connectivity index (χ1v) is 13.1. The molecule has 1 amide bonds. The molecule has 1 N–H and O–H groups in total. The molecule has 2 heterocycles. The maximum Gasteiger partial charge on any atom is 0.263 e. The van der Waals surface area contributed by atoms with Gasteiger partial charge in [-0.05, 0) is 69.5 Å². The van der Waals surface area contributed by atoms with E-state index < -0.39 is 5.25 Å². The van der Waals surface area contributed by atoms with Crippen LogP contribution in [0.3, 0.4) is 0 Å². The number of anilines is 1. The number of ketones is 1. The van der Waals surface area contributed by atoms with Gasteiger partial charge in [0.25, 0.3) is 5.56 Å². The first-order chi connectivity index (χ1) is 16.7. The number of benzene rings is 2. The molecule has 0 aliphatic rings. The lowest BCUT2D eigenvalue weighted by Gasteiger charge is -2.16. The van der Waals surface area contributed by atoms with Crippen molar-refractivity contribution in [2.45, 2.75) is 51.1 Å². The second-order valence-corrected chi connectivity index (χ2v) is 10.9. The lowest BCUT2D eigenvalue weighted by molar-refractivity contribution is -0.115. The molecule has 8 heteroatoms. The predicted molar refractivity (Wildman–Crippen MR) is 144 cm³/mol. The molecule has 2 aromatic carbocycles. The van der Waals surface area contributed by atoms with Crippen molar-refractivity contribution in [2.75, 3.05) is 5.32 Å². The molecule has 0 saturated heterocycles. The molecule has 0 aliphatic carbocycles. The van der Waals surface area contributed by atoms with Gasteiger partial charge in [-0.1, -0.05) is 42.1 Å². The van der Waals surface area contributed by atoms with Gasteiger partial charge in [0.1, 0.15) is 4.83 Å². The molecule has 0 radical (unpaired) electrons. The molecule has 0 aliphatic heterocycles. The van der Waals surface area contributed by atoms with Gasteiger partial charge in [0.05, 0.1) is 10.6 Å². The molecule has 35 heavy (non-hydrogen) atoms. The summed E-state index contributed by atoms with van der Waals surface area (Å²) in [6, 6.07) is 16.8. The van der Waals surface area contributed by atoms with Crippen LogP contribution in [0.4, 0.5) is 5.69 Å². The zero-order valence-electron chi connectivity index (χ0n) is 20.1. The second-order valence-electron chi connectivity index (χ2n) is 8.43. The van der Waals surface area contributed by atoms with E-state index in [1.165, 1.54) is 30.0 Å². The van der Waals surface area contributed by atoms with Crippen LogP contribution >= 0.6 is 23.1 Å². The quantitative estimate of drug-likeness (QED) is 0.190. The summed E-state index contributed by atoms with van der Waals surface area (Å²) in [4.78, 5) is 44.5. The van der Waals surface area contributed by atoms with Crippen LogP contribution in [0.5, 0.6) is 0 Å². The number of carbonyl (C=O) groups excluding carboxylic acids is 2. The van der Waals surface area contributed by atoms with Crippen molar-refractivity contribution < 1.29 is 9.59 Å².